The highest BCUT2D eigenvalue weighted by molar-refractivity contribution is 5.82. The number of nitrogens with one attached hydrogen (secondary N) is 1. The Hall–Kier alpha value is -1.81. The van der Waals surface area contributed by atoms with Gasteiger partial charge in [0.2, 0.25) is 0 Å². The molecule has 3 heterocycles. The molecule has 0 aliphatic carbocycles. The number of aliphatic hydroxyl groups excluding tert-OH is 1. The molecule has 0 amide bonds. The van der Waals surface area contributed by atoms with E-state index in [1.807, 2.05) is 25.7 Å². The van der Waals surface area contributed by atoms with Gasteiger partial charge in [-0.05, 0) is 21.1 Å². The largest absolute Gasteiger partial charge is 0.394 e. The van der Waals surface area contributed by atoms with Crippen molar-refractivity contribution in [3.05, 3.63) is 12.7 Å². The molecule has 24 heavy (non-hydrogen) atoms. The first-order valence-electron chi connectivity index (χ1n) is 8.09. The van der Waals surface area contributed by atoms with Crippen LogP contribution < -0.4 is 5.32 Å². The Morgan fingerprint density at radius 1 is 1.33 bits per heavy atom. The number of fused-ring (bicyclic) bond motifs is 1. The number of likely N-dealkylation sites (N-methyl/N-ethyl adjacent to an activating group) is 2. The molecule has 0 saturated carbocycles. The molecule has 2 aromatic heterocycles. The summed E-state index contributed by atoms with van der Waals surface area (Å²) in [6.07, 6.45) is 2.84. The summed E-state index contributed by atoms with van der Waals surface area (Å²) in [5.41, 5.74) is 1.46. The minimum atomic E-state index is -0.226. The Morgan fingerprint density at radius 2 is 2.17 bits per heavy atom. The molecule has 1 aliphatic rings. The zero-order valence-corrected chi connectivity index (χ0v) is 14.4. The van der Waals surface area contributed by atoms with Crippen molar-refractivity contribution in [3.8, 4) is 0 Å². The van der Waals surface area contributed by atoms with Gasteiger partial charge in [0, 0.05) is 26.2 Å². The maximum Gasteiger partial charge on any atom is 0.167 e. The molecule has 0 bridgehead atoms. The zero-order chi connectivity index (χ0) is 17.1. The second-order valence-electron chi connectivity index (χ2n) is 6.39. The molecule has 1 fully saturated rings. The lowest BCUT2D eigenvalue weighted by molar-refractivity contribution is -0.127. The number of hydrogen-bond donors (Lipinski definition) is 2. The summed E-state index contributed by atoms with van der Waals surface area (Å²) < 4.78 is 7.86. The van der Waals surface area contributed by atoms with Gasteiger partial charge in [0.25, 0.3) is 0 Å². The number of ether oxygens (including phenoxy) is 1. The molecule has 2 N–H and O–H groups in total. The van der Waals surface area contributed by atoms with Crippen molar-refractivity contribution in [2.24, 2.45) is 0 Å². The fourth-order valence-corrected chi connectivity index (χ4v) is 2.84. The van der Waals surface area contributed by atoms with Crippen LogP contribution in [-0.2, 0) is 4.74 Å². The lowest BCUT2D eigenvalue weighted by Gasteiger charge is -2.35. The smallest absolute Gasteiger partial charge is 0.167 e. The van der Waals surface area contributed by atoms with E-state index in [9.17, 15) is 5.11 Å². The number of rotatable bonds is 6. The number of aromatic nitrogens is 4. The minimum absolute atomic E-state index is 0.000204. The van der Waals surface area contributed by atoms with Crippen LogP contribution in [0.1, 0.15) is 6.23 Å². The van der Waals surface area contributed by atoms with Gasteiger partial charge >= 0.3 is 0 Å². The van der Waals surface area contributed by atoms with Gasteiger partial charge in [-0.15, -0.1) is 0 Å². The van der Waals surface area contributed by atoms with Crippen LogP contribution in [0.15, 0.2) is 12.7 Å². The van der Waals surface area contributed by atoms with Gasteiger partial charge in [0.15, 0.2) is 17.0 Å². The molecule has 0 unspecified atom stereocenters. The van der Waals surface area contributed by atoms with E-state index in [0.717, 1.165) is 36.6 Å². The predicted molar refractivity (Wildman–Crippen MR) is 90.9 cm³/mol. The second-order valence-corrected chi connectivity index (χ2v) is 6.39. The summed E-state index contributed by atoms with van der Waals surface area (Å²) in [6, 6.07) is 0. The van der Waals surface area contributed by atoms with E-state index in [-0.39, 0.29) is 18.9 Å². The first-order chi connectivity index (χ1) is 11.6. The number of aliphatic hydroxyl groups is 1. The monoisotopic (exact) mass is 335 g/mol. The zero-order valence-electron chi connectivity index (χ0n) is 14.4. The molecule has 9 nitrogen and oxygen atoms in total. The van der Waals surface area contributed by atoms with E-state index in [4.69, 9.17) is 4.74 Å². The van der Waals surface area contributed by atoms with Crippen LogP contribution in [0.2, 0.25) is 0 Å². The Bertz CT molecular complexity index is 675. The normalized spacial score (nSPS) is 22.4. The molecular formula is C15H25N7O2. The first kappa shape index (κ1) is 17.0. The van der Waals surface area contributed by atoms with Crippen molar-refractivity contribution in [2.75, 3.05) is 59.2 Å². The summed E-state index contributed by atoms with van der Waals surface area (Å²) >= 11 is 0. The first-order valence-corrected chi connectivity index (χ1v) is 8.09. The van der Waals surface area contributed by atoms with Crippen LogP contribution in [0.25, 0.3) is 11.2 Å². The molecule has 0 radical (unpaired) electrons. The van der Waals surface area contributed by atoms with Crippen LogP contribution in [0.5, 0.6) is 0 Å². The van der Waals surface area contributed by atoms with E-state index in [1.165, 1.54) is 6.33 Å². The average molecular weight is 335 g/mol. The molecule has 9 heteroatoms. The minimum Gasteiger partial charge on any atom is -0.394 e. The third kappa shape index (κ3) is 3.64. The maximum absolute atomic E-state index is 9.41. The highest BCUT2D eigenvalue weighted by Crippen LogP contribution is 2.25. The third-order valence-electron chi connectivity index (χ3n) is 4.06. The third-order valence-corrected chi connectivity index (χ3v) is 4.06. The fraction of sp³-hybridized carbons (Fsp3) is 0.667. The summed E-state index contributed by atoms with van der Waals surface area (Å²) in [6.45, 7) is 3.11. The van der Waals surface area contributed by atoms with Crippen LogP contribution in [-0.4, -0.2) is 94.5 Å². The van der Waals surface area contributed by atoms with Gasteiger partial charge in [-0.3, -0.25) is 9.47 Å². The van der Waals surface area contributed by atoms with Crippen molar-refractivity contribution < 1.29 is 9.84 Å². The van der Waals surface area contributed by atoms with Crippen molar-refractivity contribution in [2.45, 2.75) is 12.3 Å². The van der Waals surface area contributed by atoms with Crippen LogP contribution in [0.3, 0.4) is 0 Å². The van der Waals surface area contributed by atoms with Crippen molar-refractivity contribution in [3.63, 3.8) is 0 Å². The Morgan fingerprint density at radius 3 is 2.92 bits per heavy atom. The Balaban J connectivity index is 1.82. The Kier molecular flexibility index (Phi) is 5.24. The molecule has 132 valence electrons. The van der Waals surface area contributed by atoms with Gasteiger partial charge in [-0.25, -0.2) is 15.0 Å². The lowest BCUT2D eigenvalue weighted by atomic mass is 10.3. The quantitative estimate of drug-likeness (QED) is 0.738. The predicted octanol–water partition coefficient (Wildman–Crippen LogP) is -0.379. The van der Waals surface area contributed by atoms with Crippen molar-refractivity contribution >= 4 is 17.0 Å². The maximum atomic E-state index is 9.41. The molecule has 2 aromatic rings. The SMILES string of the molecule is CN(C)CCNc1ncnc2c1ncn2[C@H]1CN(C)C[C@@H](CO)O1. The van der Waals surface area contributed by atoms with Crippen molar-refractivity contribution in [1.29, 1.82) is 0 Å². The number of nitrogens with zero attached hydrogens (tertiary/aromatic N) is 6. The average Bonchev–Trinajstić information content (AvgIpc) is 2.99. The lowest BCUT2D eigenvalue weighted by Crippen LogP contribution is -2.45. The van der Waals surface area contributed by atoms with Gasteiger partial charge in [0.05, 0.1) is 19.0 Å². The van der Waals surface area contributed by atoms with Crippen LogP contribution in [0, 0.1) is 0 Å². The van der Waals surface area contributed by atoms with Crippen LogP contribution >= 0.6 is 0 Å². The van der Waals surface area contributed by atoms with Crippen molar-refractivity contribution in [1.82, 2.24) is 29.3 Å². The van der Waals surface area contributed by atoms with Gasteiger partial charge in [-0.1, -0.05) is 0 Å². The van der Waals surface area contributed by atoms with Gasteiger partial charge < -0.3 is 20.1 Å². The molecule has 2 atom stereocenters. The molecule has 0 spiro atoms. The summed E-state index contributed by atoms with van der Waals surface area (Å²) in [7, 11) is 6.07. The number of anilines is 1. The Labute approximate surface area is 141 Å². The van der Waals surface area contributed by atoms with Gasteiger partial charge in [0.1, 0.15) is 12.6 Å². The summed E-state index contributed by atoms with van der Waals surface area (Å²) in [5, 5.41) is 12.7. The van der Waals surface area contributed by atoms with E-state index in [1.54, 1.807) is 6.33 Å². The standard InChI is InChI=1S/C15H25N7O2/c1-20(2)5-4-16-14-13-15(18-9-17-14)22(10-19-13)12-7-21(3)6-11(8-23)24-12/h9-12,23H,4-8H2,1-3H3,(H,16,17,18)/t11-,12+/m0/s1. The summed E-state index contributed by atoms with van der Waals surface area (Å²) in [5.74, 6) is 0.725. The number of imidazole rings is 1. The van der Waals surface area contributed by atoms with E-state index >= 15 is 0 Å². The van der Waals surface area contributed by atoms with Crippen LogP contribution in [0.4, 0.5) is 5.82 Å². The fourth-order valence-electron chi connectivity index (χ4n) is 2.84. The number of hydrogen-bond acceptors (Lipinski definition) is 8. The summed E-state index contributed by atoms with van der Waals surface area (Å²) in [4.78, 5) is 17.4. The molecule has 1 saturated heterocycles. The molecule has 3 rings (SSSR count). The molecule has 0 aromatic carbocycles. The molecular weight excluding hydrogens is 310 g/mol. The van der Waals surface area contributed by atoms with Gasteiger partial charge in [-0.2, -0.15) is 0 Å². The topological polar surface area (TPSA) is 91.6 Å². The second kappa shape index (κ2) is 7.39. The number of morpholine rings is 1. The van der Waals surface area contributed by atoms with E-state index in [0.29, 0.717) is 6.54 Å². The van der Waals surface area contributed by atoms with E-state index in [2.05, 4.69) is 30.1 Å². The highest BCUT2D eigenvalue weighted by atomic mass is 16.5. The molecule has 1 aliphatic heterocycles. The highest BCUT2D eigenvalue weighted by Gasteiger charge is 2.28. The van der Waals surface area contributed by atoms with E-state index < -0.39 is 0 Å².